The molecule has 1 fully saturated rings. The largest absolute Gasteiger partial charge is 0.462 e. The van der Waals surface area contributed by atoms with Gasteiger partial charge in [-0.25, -0.2) is 19.7 Å². The summed E-state index contributed by atoms with van der Waals surface area (Å²) in [5.74, 6) is 0.828. The lowest BCUT2D eigenvalue weighted by Crippen LogP contribution is -2.35. The van der Waals surface area contributed by atoms with E-state index in [9.17, 15) is 4.79 Å². The number of ether oxygens (including phenoxy) is 1. The number of carbonyl (C=O) groups is 1. The van der Waals surface area contributed by atoms with E-state index in [1.807, 2.05) is 24.4 Å². The van der Waals surface area contributed by atoms with Crippen molar-refractivity contribution in [3.05, 3.63) is 47.2 Å². The average Bonchev–Trinajstić information content (AvgIpc) is 3.17. The van der Waals surface area contributed by atoms with Crippen LogP contribution in [0.2, 0.25) is 0 Å². The molecule has 1 aliphatic heterocycles. The SMILES string of the molecule is CCOC(=O)c1cnc(N2CCC(C/N=C/c3nc4ccccc4s3)CC2)nc1. The van der Waals surface area contributed by atoms with Crippen molar-refractivity contribution in [1.82, 2.24) is 15.0 Å². The first-order valence-corrected chi connectivity index (χ1v) is 10.6. The smallest absolute Gasteiger partial charge is 0.341 e. The van der Waals surface area contributed by atoms with Crippen molar-refractivity contribution in [2.75, 3.05) is 31.1 Å². The van der Waals surface area contributed by atoms with Crippen LogP contribution in [0, 0.1) is 5.92 Å². The summed E-state index contributed by atoms with van der Waals surface area (Å²) in [4.78, 5) is 31.7. The van der Waals surface area contributed by atoms with Crippen molar-refractivity contribution >= 4 is 39.7 Å². The van der Waals surface area contributed by atoms with E-state index in [-0.39, 0.29) is 5.97 Å². The number of carbonyl (C=O) groups excluding carboxylic acids is 1. The van der Waals surface area contributed by atoms with E-state index in [0.717, 1.165) is 43.0 Å². The van der Waals surface area contributed by atoms with Crippen LogP contribution in [0.4, 0.5) is 5.95 Å². The van der Waals surface area contributed by atoms with Gasteiger partial charge in [0.15, 0.2) is 0 Å². The van der Waals surface area contributed by atoms with Crippen LogP contribution in [-0.4, -0.2) is 53.4 Å². The number of hydrogen-bond donors (Lipinski definition) is 0. The molecule has 0 aliphatic carbocycles. The number of piperidine rings is 1. The molecule has 7 nitrogen and oxygen atoms in total. The Hall–Kier alpha value is -2.87. The fourth-order valence-corrected chi connectivity index (χ4v) is 4.21. The van der Waals surface area contributed by atoms with Gasteiger partial charge in [0.25, 0.3) is 0 Å². The molecule has 0 spiro atoms. The molecule has 150 valence electrons. The lowest BCUT2D eigenvalue weighted by molar-refractivity contribution is 0.0525. The predicted octanol–water partition coefficient (Wildman–Crippen LogP) is 3.60. The molecule has 0 atom stereocenters. The van der Waals surface area contributed by atoms with Crippen LogP contribution in [0.1, 0.15) is 35.1 Å². The van der Waals surface area contributed by atoms with Crippen molar-refractivity contribution in [3.8, 4) is 0 Å². The average molecular weight is 410 g/mol. The molecule has 29 heavy (non-hydrogen) atoms. The van der Waals surface area contributed by atoms with Gasteiger partial charge in [0, 0.05) is 32.0 Å². The molecule has 3 heterocycles. The predicted molar refractivity (Wildman–Crippen MR) is 115 cm³/mol. The number of thiazole rings is 1. The van der Waals surface area contributed by atoms with Gasteiger partial charge in [-0.1, -0.05) is 12.1 Å². The van der Waals surface area contributed by atoms with E-state index in [0.29, 0.717) is 24.0 Å². The minimum Gasteiger partial charge on any atom is -0.462 e. The molecule has 8 heteroatoms. The third-order valence-electron chi connectivity index (χ3n) is 4.92. The number of benzene rings is 1. The molecule has 0 N–H and O–H groups in total. The van der Waals surface area contributed by atoms with E-state index in [1.54, 1.807) is 18.3 Å². The lowest BCUT2D eigenvalue weighted by Gasteiger charge is -2.31. The highest BCUT2D eigenvalue weighted by Crippen LogP contribution is 2.22. The first kappa shape index (κ1) is 19.4. The van der Waals surface area contributed by atoms with Gasteiger partial charge in [-0.05, 0) is 37.8 Å². The number of fused-ring (bicyclic) bond motifs is 1. The second-order valence-corrected chi connectivity index (χ2v) is 8.00. The molecule has 0 unspecified atom stereocenters. The van der Waals surface area contributed by atoms with Gasteiger partial charge in [-0.15, -0.1) is 11.3 Å². The fraction of sp³-hybridized carbons (Fsp3) is 0.381. The number of aromatic nitrogens is 3. The summed E-state index contributed by atoms with van der Waals surface area (Å²) >= 11 is 1.67. The van der Waals surface area contributed by atoms with E-state index in [4.69, 9.17) is 4.74 Å². The molecule has 1 aliphatic rings. The Morgan fingerprint density at radius 1 is 1.28 bits per heavy atom. The molecular formula is C21H23N5O2S. The third kappa shape index (κ3) is 4.76. The fourth-order valence-electron chi connectivity index (χ4n) is 3.35. The highest BCUT2D eigenvalue weighted by Gasteiger charge is 2.21. The number of hydrogen-bond acceptors (Lipinski definition) is 8. The van der Waals surface area contributed by atoms with Crippen molar-refractivity contribution in [2.24, 2.45) is 10.9 Å². The molecule has 0 amide bonds. The molecule has 0 bridgehead atoms. The maximum atomic E-state index is 11.7. The molecule has 0 saturated carbocycles. The maximum absolute atomic E-state index is 11.7. The quantitative estimate of drug-likeness (QED) is 0.457. The van der Waals surface area contributed by atoms with Crippen LogP contribution in [0.3, 0.4) is 0 Å². The molecule has 3 aromatic rings. The number of nitrogens with zero attached hydrogens (tertiary/aromatic N) is 5. The first-order chi connectivity index (χ1) is 14.2. The van der Waals surface area contributed by atoms with Gasteiger partial charge in [0.1, 0.15) is 5.01 Å². The van der Waals surface area contributed by atoms with Gasteiger partial charge in [-0.2, -0.15) is 0 Å². The highest BCUT2D eigenvalue weighted by molar-refractivity contribution is 7.20. The van der Waals surface area contributed by atoms with Gasteiger partial charge in [-0.3, -0.25) is 4.99 Å². The van der Waals surface area contributed by atoms with Gasteiger partial charge in [0.05, 0.1) is 28.6 Å². The Labute approximate surface area is 173 Å². The second-order valence-electron chi connectivity index (χ2n) is 6.94. The normalized spacial score (nSPS) is 15.3. The molecular weight excluding hydrogens is 386 g/mol. The molecule has 0 radical (unpaired) electrons. The van der Waals surface area contributed by atoms with Crippen LogP contribution < -0.4 is 4.90 Å². The van der Waals surface area contributed by atoms with Crippen LogP contribution in [-0.2, 0) is 4.74 Å². The van der Waals surface area contributed by atoms with Crippen LogP contribution in [0.5, 0.6) is 0 Å². The first-order valence-electron chi connectivity index (χ1n) is 9.82. The Morgan fingerprint density at radius 2 is 2.03 bits per heavy atom. The number of para-hydroxylation sites is 1. The van der Waals surface area contributed by atoms with Crippen molar-refractivity contribution in [2.45, 2.75) is 19.8 Å². The van der Waals surface area contributed by atoms with Crippen molar-refractivity contribution in [3.63, 3.8) is 0 Å². The molecule has 1 saturated heterocycles. The number of aliphatic imine (C=N–C) groups is 1. The number of anilines is 1. The second kappa shape index (κ2) is 9.09. The molecule has 1 aromatic carbocycles. The highest BCUT2D eigenvalue weighted by atomic mass is 32.1. The minimum absolute atomic E-state index is 0.343. The van der Waals surface area contributed by atoms with E-state index < -0.39 is 0 Å². The maximum Gasteiger partial charge on any atom is 0.341 e. The van der Waals surface area contributed by atoms with Gasteiger partial charge in [0.2, 0.25) is 5.95 Å². The van der Waals surface area contributed by atoms with Crippen LogP contribution in [0.15, 0.2) is 41.7 Å². The summed E-state index contributed by atoms with van der Waals surface area (Å²) in [6.45, 7) is 4.71. The van der Waals surface area contributed by atoms with E-state index in [2.05, 4.69) is 30.9 Å². The van der Waals surface area contributed by atoms with Crippen LogP contribution in [0.25, 0.3) is 10.2 Å². The van der Waals surface area contributed by atoms with E-state index >= 15 is 0 Å². The topological polar surface area (TPSA) is 80.6 Å². The lowest BCUT2D eigenvalue weighted by atomic mass is 9.97. The van der Waals surface area contributed by atoms with Gasteiger partial charge >= 0.3 is 5.97 Å². The molecule has 4 rings (SSSR count). The zero-order valence-electron chi connectivity index (χ0n) is 16.3. The zero-order chi connectivity index (χ0) is 20.1. The van der Waals surface area contributed by atoms with E-state index in [1.165, 1.54) is 17.1 Å². The summed E-state index contributed by atoms with van der Waals surface area (Å²) in [7, 11) is 0. The van der Waals surface area contributed by atoms with Gasteiger partial charge < -0.3 is 9.64 Å². The summed E-state index contributed by atoms with van der Waals surface area (Å²) in [5, 5.41) is 0.957. The standard InChI is InChI=1S/C21H23N5O2S/c1-2-28-20(27)16-12-23-21(24-13-16)26-9-7-15(8-10-26)11-22-14-19-25-17-5-3-4-6-18(17)29-19/h3-6,12-15H,2,7-11H2,1H3/b22-14+. The molecule has 2 aromatic heterocycles. The summed E-state index contributed by atoms with van der Waals surface area (Å²) in [6, 6.07) is 8.15. The van der Waals surface area contributed by atoms with Crippen molar-refractivity contribution in [1.29, 1.82) is 0 Å². The number of rotatable bonds is 6. The minimum atomic E-state index is -0.385. The van der Waals surface area contributed by atoms with Crippen molar-refractivity contribution < 1.29 is 9.53 Å². The summed E-state index contributed by atoms with van der Waals surface area (Å²) in [6.07, 6.45) is 7.05. The third-order valence-corrected chi connectivity index (χ3v) is 5.89. The zero-order valence-corrected chi connectivity index (χ0v) is 17.1. The Balaban J connectivity index is 1.27. The Kier molecular flexibility index (Phi) is 6.09. The Morgan fingerprint density at radius 3 is 2.76 bits per heavy atom. The summed E-state index contributed by atoms with van der Waals surface area (Å²) < 4.78 is 6.16. The van der Waals surface area contributed by atoms with Crippen LogP contribution >= 0.6 is 11.3 Å². The Bertz CT molecular complexity index is 961. The monoisotopic (exact) mass is 409 g/mol. The summed E-state index contributed by atoms with van der Waals surface area (Å²) in [5.41, 5.74) is 1.41. The number of esters is 1.